The summed E-state index contributed by atoms with van der Waals surface area (Å²) in [6, 6.07) is 0. The van der Waals surface area contributed by atoms with Gasteiger partial charge < -0.3 is 72.9 Å². The standard InChI is InChI=1S/3C2H8N2.2H3O4P/c3*3-1-2-4;2*1-5(2,3)4/h3*1-4H2;2*(H3,1,2,3,4). The van der Waals surface area contributed by atoms with E-state index in [0.717, 1.165) is 39.3 Å². The zero-order valence-corrected chi connectivity index (χ0v) is 14.4. The second kappa shape index (κ2) is 25.9. The fraction of sp³-hybridized carbons (Fsp3) is 1.00. The fourth-order valence-corrected chi connectivity index (χ4v) is 0. The van der Waals surface area contributed by atoms with Crippen molar-refractivity contribution in [3.05, 3.63) is 0 Å². The normalized spacial score (nSPS) is 9.45. The molecule has 0 aliphatic carbocycles. The van der Waals surface area contributed by atoms with E-state index in [0.29, 0.717) is 0 Å². The van der Waals surface area contributed by atoms with Crippen LogP contribution in [0.25, 0.3) is 0 Å². The van der Waals surface area contributed by atoms with Gasteiger partial charge in [-0.2, -0.15) is 15.6 Å². The first-order valence-electron chi connectivity index (χ1n) is 5.96. The molecule has 142 valence electrons. The van der Waals surface area contributed by atoms with Crippen LogP contribution in [0.3, 0.4) is 0 Å². The Labute approximate surface area is 128 Å². The summed E-state index contributed by atoms with van der Waals surface area (Å²) in [6.45, 7) is 5.75. The highest BCUT2D eigenvalue weighted by Gasteiger charge is 1.64. The van der Waals surface area contributed by atoms with Crippen LogP contribution in [-0.4, -0.2) is 39.3 Å². The van der Waals surface area contributed by atoms with Crippen molar-refractivity contribution in [3.8, 4) is 0 Å². The van der Waals surface area contributed by atoms with Crippen molar-refractivity contribution >= 4 is 15.6 Å². The number of phosphoric acid groups is 2. The minimum atomic E-state index is -5.39. The summed E-state index contributed by atoms with van der Waals surface area (Å²) >= 11 is 0. The Morgan fingerprint density at radius 2 is 0.500 bits per heavy atom. The second-order valence-corrected chi connectivity index (χ2v) is 4.80. The van der Waals surface area contributed by atoms with Gasteiger partial charge in [0.2, 0.25) is 0 Å². The third-order valence-corrected chi connectivity index (χ3v) is 0.750. The monoisotopic (exact) mass is 376 g/mol. The van der Waals surface area contributed by atoms with Crippen LogP contribution in [0.15, 0.2) is 0 Å². The van der Waals surface area contributed by atoms with Crippen molar-refractivity contribution in [2.75, 3.05) is 39.3 Å². The summed E-state index contributed by atoms with van der Waals surface area (Å²) in [5.41, 5.74) is 21.2. The molecule has 0 saturated carbocycles. The molecule has 0 saturated heterocycles. The molecule has 0 unspecified atom stereocenters. The van der Waals surface area contributed by atoms with E-state index in [4.69, 9.17) is 38.5 Å². The molecule has 0 aliphatic heterocycles. The summed E-state index contributed by atoms with van der Waals surface area (Å²) in [5, 5.41) is 0. The molecule has 0 aliphatic rings. The van der Waals surface area contributed by atoms with Crippen LogP contribution in [0.5, 0.6) is 0 Å². The molecule has 0 aromatic rings. The van der Waals surface area contributed by atoms with Crippen LogP contribution in [0, 0.1) is 0 Å². The Morgan fingerprint density at radius 1 is 0.455 bits per heavy atom. The quantitative estimate of drug-likeness (QED) is 0.256. The zero-order valence-electron chi connectivity index (χ0n) is 12.6. The van der Waals surface area contributed by atoms with Gasteiger partial charge in [0, 0.05) is 0 Å². The first-order chi connectivity index (χ1) is 9.74. The van der Waals surface area contributed by atoms with Gasteiger partial charge in [0.25, 0.3) is 0 Å². The van der Waals surface area contributed by atoms with Crippen LogP contribution < -0.4 is 63.8 Å². The molecule has 0 atom stereocenters. The van der Waals surface area contributed by atoms with Gasteiger partial charge in [0.15, 0.2) is 0 Å². The summed E-state index contributed by atoms with van der Waals surface area (Å²) < 4.78 is 17.1. The van der Waals surface area contributed by atoms with Gasteiger partial charge >= 0.3 is 0 Å². The lowest BCUT2D eigenvalue weighted by molar-refractivity contribution is -0.453. The van der Waals surface area contributed by atoms with Gasteiger partial charge in [0.05, 0.1) is 0 Å². The maximum atomic E-state index is 8.55. The van der Waals surface area contributed by atoms with Gasteiger partial charge in [-0.05, 0) is 0 Å². The molecule has 0 heterocycles. The number of quaternary nitrogens is 6. The first kappa shape index (κ1) is 33.6. The van der Waals surface area contributed by atoms with Crippen LogP contribution in [0.1, 0.15) is 0 Å². The van der Waals surface area contributed by atoms with E-state index in [-0.39, 0.29) is 0 Å². The molecule has 22 heavy (non-hydrogen) atoms. The summed E-state index contributed by atoms with van der Waals surface area (Å²) in [5.74, 6) is 0. The van der Waals surface area contributed by atoms with E-state index in [2.05, 4.69) is 34.4 Å². The average Bonchev–Trinajstić information content (AvgIpc) is 2.35. The third kappa shape index (κ3) is 811. The van der Waals surface area contributed by atoms with Crippen LogP contribution in [-0.2, 0) is 9.13 Å². The van der Waals surface area contributed by atoms with E-state index in [1.54, 1.807) is 0 Å². The van der Waals surface area contributed by atoms with Crippen LogP contribution in [0.2, 0.25) is 0 Å². The summed E-state index contributed by atoms with van der Waals surface area (Å²) in [4.78, 5) is 51.3. The molecular formula is C6H30N6O8P2. The largest absolute Gasteiger partial charge is 0.822 e. The highest BCUT2D eigenvalue weighted by Crippen LogP contribution is 2.03. The first-order valence-corrected chi connectivity index (χ1v) is 8.88. The Hall–Kier alpha value is -0.0200. The molecule has 0 fully saturated rings. The minimum Gasteiger partial charge on any atom is -0.822 e. The number of rotatable bonds is 3. The maximum Gasteiger partial charge on any atom is 0.124 e. The van der Waals surface area contributed by atoms with Gasteiger partial charge in [-0.1, -0.05) is 0 Å². The van der Waals surface area contributed by atoms with Crippen molar-refractivity contribution in [3.63, 3.8) is 0 Å². The number of hydrogen-bond acceptors (Lipinski definition) is 8. The van der Waals surface area contributed by atoms with Crippen molar-refractivity contribution in [2.24, 2.45) is 0 Å². The van der Waals surface area contributed by atoms with Gasteiger partial charge in [-0.15, -0.1) is 0 Å². The Balaban J connectivity index is -0.0000000550. The lowest BCUT2D eigenvalue weighted by Gasteiger charge is -2.36. The van der Waals surface area contributed by atoms with Crippen LogP contribution >= 0.6 is 15.6 Å². The van der Waals surface area contributed by atoms with Gasteiger partial charge in [-0.3, -0.25) is 0 Å². The third-order valence-electron chi connectivity index (χ3n) is 0.750. The Kier molecular flexibility index (Phi) is 39.5. The molecule has 0 aromatic carbocycles. The molecule has 0 spiro atoms. The Bertz CT molecular complexity index is 209. The van der Waals surface area contributed by atoms with E-state index in [1.165, 1.54) is 0 Å². The predicted octanol–water partition coefficient (Wildman–Crippen LogP) is -13.2. The average molecular weight is 376 g/mol. The molecule has 18 N–H and O–H groups in total. The molecule has 0 radical (unpaired) electrons. The SMILES string of the molecule is O=P([O-])([O-])[O-].O=P([O-])([O-])[O-].[NH3+]CC[NH3+].[NH3+]CC[NH3+].[NH3+]CC[NH3+]. The summed E-state index contributed by atoms with van der Waals surface area (Å²) in [6.07, 6.45) is 0. The molecule has 0 rings (SSSR count). The molecule has 16 heteroatoms. The molecular weight excluding hydrogens is 346 g/mol. The van der Waals surface area contributed by atoms with Gasteiger partial charge in [0.1, 0.15) is 39.3 Å². The maximum absolute atomic E-state index is 8.55. The van der Waals surface area contributed by atoms with Gasteiger partial charge in [-0.25, -0.2) is 0 Å². The highest BCUT2D eigenvalue weighted by molar-refractivity contribution is 7.40. The molecule has 0 amide bonds. The fourth-order valence-electron chi connectivity index (χ4n) is 0. The lowest BCUT2D eigenvalue weighted by atomic mass is 10.7. The van der Waals surface area contributed by atoms with Crippen LogP contribution in [0.4, 0.5) is 0 Å². The molecule has 14 nitrogen and oxygen atoms in total. The molecule has 0 bridgehead atoms. The Morgan fingerprint density at radius 3 is 0.500 bits per heavy atom. The second-order valence-electron chi connectivity index (χ2n) is 3.02. The lowest BCUT2D eigenvalue weighted by Crippen LogP contribution is -2.64. The van der Waals surface area contributed by atoms with E-state index in [1.807, 2.05) is 0 Å². The van der Waals surface area contributed by atoms with Crippen molar-refractivity contribution < 1.29 is 72.9 Å². The smallest absolute Gasteiger partial charge is 0.124 e. The zero-order chi connectivity index (χ0) is 19.2. The van der Waals surface area contributed by atoms with E-state index in [9.17, 15) is 0 Å². The summed E-state index contributed by atoms with van der Waals surface area (Å²) in [7, 11) is -10.8. The van der Waals surface area contributed by atoms with Crippen molar-refractivity contribution in [1.29, 1.82) is 0 Å². The molecule has 0 aromatic heterocycles. The van der Waals surface area contributed by atoms with E-state index < -0.39 is 15.6 Å². The highest BCUT2D eigenvalue weighted by atomic mass is 31.2. The van der Waals surface area contributed by atoms with Crippen molar-refractivity contribution in [1.82, 2.24) is 0 Å². The van der Waals surface area contributed by atoms with E-state index >= 15 is 0 Å². The van der Waals surface area contributed by atoms with Crippen molar-refractivity contribution in [2.45, 2.75) is 0 Å². The number of hydrogen-bond donors (Lipinski definition) is 6. The topological polar surface area (TPSA) is 338 Å². The predicted molar refractivity (Wildman–Crippen MR) is 61.7 cm³/mol. The minimum absolute atomic E-state index is 0.958.